The molecule has 9 heteroatoms. The van der Waals surface area contributed by atoms with Gasteiger partial charge in [-0.25, -0.2) is 9.78 Å². The zero-order chi connectivity index (χ0) is 17.2. The molecule has 138 valence electrons. The van der Waals surface area contributed by atoms with Crippen molar-refractivity contribution in [3.05, 3.63) is 15.6 Å². The maximum Gasteiger partial charge on any atom is 0.350 e. The predicted molar refractivity (Wildman–Crippen MR) is 108 cm³/mol. The van der Waals surface area contributed by atoms with E-state index in [1.54, 1.807) is 14.0 Å². The first-order chi connectivity index (χ1) is 11.0. The molecule has 1 rings (SSSR count). The molecule has 24 heavy (non-hydrogen) atoms. The van der Waals surface area contributed by atoms with Crippen LogP contribution in [0, 0.1) is 6.92 Å². The van der Waals surface area contributed by atoms with Crippen molar-refractivity contribution in [1.29, 1.82) is 0 Å². The van der Waals surface area contributed by atoms with Gasteiger partial charge < -0.3 is 20.1 Å². The lowest BCUT2D eigenvalue weighted by atomic mass is 10.3. The molecule has 0 amide bonds. The Kier molecular flexibility index (Phi) is 11.9. The van der Waals surface area contributed by atoms with Crippen molar-refractivity contribution in [3.8, 4) is 0 Å². The van der Waals surface area contributed by atoms with Gasteiger partial charge in [-0.2, -0.15) is 0 Å². The predicted octanol–water partition coefficient (Wildman–Crippen LogP) is 2.51. The molecule has 1 aromatic heterocycles. The summed E-state index contributed by atoms with van der Waals surface area (Å²) in [5, 5.41) is 7.28. The molecule has 0 saturated carbocycles. The van der Waals surface area contributed by atoms with Crippen LogP contribution in [-0.4, -0.2) is 50.3 Å². The molecule has 0 aliphatic carbocycles. The lowest BCUT2D eigenvalue weighted by molar-refractivity contribution is 0.0531. The minimum Gasteiger partial charge on any atom is -0.462 e. The molecule has 0 spiro atoms. The second-order valence-corrected chi connectivity index (χ2v) is 5.84. The van der Waals surface area contributed by atoms with Gasteiger partial charge in [-0.3, -0.25) is 4.99 Å². The molecule has 0 aromatic carbocycles. The maximum atomic E-state index is 11.9. The van der Waals surface area contributed by atoms with E-state index in [0.29, 0.717) is 36.3 Å². The molecule has 1 atom stereocenters. The topological polar surface area (TPSA) is 84.8 Å². The normalized spacial score (nSPS) is 12.3. The standard InChI is InChI=1S/C15H26N4O3S.HI/c1-6-16-15(17-8-9-21-5)19-11(4)13-18-10(3)12(23-13)14(20)22-7-2;/h11H,6-9H2,1-5H3,(H2,16,17,19);1H. The van der Waals surface area contributed by atoms with Gasteiger partial charge >= 0.3 is 5.97 Å². The number of esters is 1. The van der Waals surface area contributed by atoms with Crippen LogP contribution in [0.1, 0.15) is 47.2 Å². The fourth-order valence-electron chi connectivity index (χ4n) is 1.82. The van der Waals surface area contributed by atoms with Crippen LogP contribution in [0.5, 0.6) is 0 Å². The number of nitrogens with one attached hydrogen (secondary N) is 2. The first-order valence-electron chi connectivity index (χ1n) is 7.71. The number of aryl methyl sites for hydroxylation is 1. The number of aromatic nitrogens is 1. The lowest BCUT2D eigenvalue weighted by Crippen LogP contribution is -2.39. The average Bonchev–Trinajstić information content (AvgIpc) is 2.90. The van der Waals surface area contributed by atoms with Crippen molar-refractivity contribution < 1.29 is 14.3 Å². The highest BCUT2D eigenvalue weighted by atomic mass is 127. The van der Waals surface area contributed by atoms with Crippen LogP contribution < -0.4 is 10.6 Å². The van der Waals surface area contributed by atoms with Gasteiger partial charge in [0.1, 0.15) is 9.88 Å². The van der Waals surface area contributed by atoms with Gasteiger partial charge in [0, 0.05) is 13.7 Å². The molecule has 0 aliphatic rings. The van der Waals surface area contributed by atoms with Crippen LogP contribution >= 0.6 is 35.3 Å². The maximum absolute atomic E-state index is 11.9. The van der Waals surface area contributed by atoms with Crippen LogP contribution in [-0.2, 0) is 9.47 Å². The van der Waals surface area contributed by atoms with Gasteiger partial charge in [0.2, 0.25) is 0 Å². The lowest BCUT2D eigenvalue weighted by Gasteiger charge is -2.15. The fraction of sp³-hybridized carbons (Fsp3) is 0.667. The molecule has 0 bridgehead atoms. The van der Waals surface area contributed by atoms with Crippen molar-refractivity contribution in [1.82, 2.24) is 15.6 Å². The van der Waals surface area contributed by atoms with E-state index in [-0.39, 0.29) is 36.0 Å². The van der Waals surface area contributed by atoms with Gasteiger partial charge in [-0.1, -0.05) is 0 Å². The number of carbonyl (C=O) groups is 1. The van der Waals surface area contributed by atoms with Crippen molar-refractivity contribution in [2.45, 2.75) is 33.7 Å². The van der Waals surface area contributed by atoms with Crippen LogP contribution in [0.4, 0.5) is 0 Å². The molecule has 0 fully saturated rings. The van der Waals surface area contributed by atoms with Crippen molar-refractivity contribution in [2.24, 2.45) is 4.99 Å². The SMILES string of the molecule is CCNC(=NCCOC)NC(C)c1nc(C)c(C(=O)OCC)s1.I. The van der Waals surface area contributed by atoms with E-state index in [4.69, 9.17) is 9.47 Å². The van der Waals surface area contributed by atoms with Crippen LogP contribution in [0.2, 0.25) is 0 Å². The Bertz CT molecular complexity index is 537. The molecule has 0 radical (unpaired) electrons. The van der Waals surface area contributed by atoms with E-state index in [2.05, 4.69) is 20.6 Å². The van der Waals surface area contributed by atoms with Crippen LogP contribution in [0.15, 0.2) is 4.99 Å². The average molecular weight is 470 g/mol. The molecule has 0 saturated heterocycles. The van der Waals surface area contributed by atoms with E-state index in [1.165, 1.54) is 11.3 Å². The van der Waals surface area contributed by atoms with E-state index in [9.17, 15) is 4.79 Å². The van der Waals surface area contributed by atoms with Gasteiger partial charge in [0.05, 0.1) is 31.5 Å². The summed E-state index contributed by atoms with van der Waals surface area (Å²) in [6, 6.07) is -0.0674. The zero-order valence-corrected chi connectivity index (χ0v) is 18.0. The quantitative estimate of drug-likeness (QED) is 0.200. The Morgan fingerprint density at radius 3 is 2.71 bits per heavy atom. The highest BCUT2D eigenvalue weighted by molar-refractivity contribution is 14.0. The summed E-state index contributed by atoms with van der Waals surface area (Å²) in [6.45, 7) is 9.85. The molecule has 2 N–H and O–H groups in total. The minimum atomic E-state index is -0.318. The summed E-state index contributed by atoms with van der Waals surface area (Å²) < 4.78 is 10.1. The number of carbonyl (C=O) groups excluding carboxylic acids is 1. The van der Waals surface area contributed by atoms with E-state index >= 15 is 0 Å². The number of halogens is 1. The molecule has 1 aromatic rings. The van der Waals surface area contributed by atoms with Crippen molar-refractivity contribution in [2.75, 3.05) is 33.4 Å². The number of guanidine groups is 1. The van der Waals surface area contributed by atoms with Gasteiger partial charge in [0.25, 0.3) is 0 Å². The number of hydrogen-bond donors (Lipinski definition) is 2. The van der Waals surface area contributed by atoms with Crippen molar-refractivity contribution >= 4 is 47.2 Å². The van der Waals surface area contributed by atoms with Crippen molar-refractivity contribution in [3.63, 3.8) is 0 Å². The van der Waals surface area contributed by atoms with Gasteiger partial charge in [0.15, 0.2) is 5.96 Å². The number of thiazole rings is 1. The van der Waals surface area contributed by atoms with Gasteiger partial charge in [-0.05, 0) is 27.7 Å². The molecular weight excluding hydrogens is 443 g/mol. The minimum absolute atomic E-state index is 0. The Morgan fingerprint density at radius 1 is 1.42 bits per heavy atom. The van der Waals surface area contributed by atoms with Gasteiger partial charge in [-0.15, -0.1) is 35.3 Å². The second-order valence-electron chi connectivity index (χ2n) is 4.81. The smallest absolute Gasteiger partial charge is 0.350 e. The fourth-order valence-corrected chi connectivity index (χ4v) is 2.79. The molecule has 0 aliphatic heterocycles. The number of rotatable bonds is 8. The Morgan fingerprint density at radius 2 is 2.12 bits per heavy atom. The molecular formula is C15H27IN4O3S. The number of methoxy groups -OCH3 is 1. The third-order valence-electron chi connectivity index (χ3n) is 2.91. The van der Waals surface area contributed by atoms with Crippen LogP contribution in [0.3, 0.4) is 0 Å². The Balaban J connectivity index is 0.00000529. The summed E-state index contributed by atoms with van der Waals surface area (Å²) in [4.78, 5) is 21.3. The first-order valence-corrected chi connectivity index (χ1v) is 8.53. The largest absolute Gasteiger partial charge is 0.462 e. The third-order valence-corrected chi connectivity index (χ3v) is 4.23. The summed E-state index contributed by atoms with van der Waals surface area (Å²) in [5.74, 6) is 0.379. The summed E-state index contributed by atoms with van der Waals surface area (Å²) in [5.41, 5.74) is 0.693. The summed E-state index contributed by atoms with van der Waals surface area (Å²) in [6.07, 6.45) is 0. The Hall–Kier alpha value is -0.940. The van der Waals surface area contributed by atoms with E-state index in [1.807, 2.05) is 20.8 Å². The summed E-state index contributed by atoms with van der Waals surface area (Å²) in [7, 11) is 1.65. The Labute approximate surface area is 164 Å². The third kappa shape index (κ3) is 7.31. The summed E-state index contributed by atoms with van der Waals surface area (Å²) >= 11 is 1.35. The highest BCUT2D eigenvalue weighted by Gasteiger charge is 2.20. The second kappa shape index (κ2) is 12.4. The van der Waals surface area contributed by atoms with Crippen LogP contribution in [0.25, 0.3) is 0 Å². The molecule has 7 nitrogen and oxygen atoms in total. The molecule has 1 heterocycles. The number of aliphatic imine (C=N–C) groups is 1. The first kappa shape index (κ1) is 23.1. The number of hydrogen-bond acceptors (Lipinski definition) is 6. The van der Waals surface area contributed by atoms with E-state index < -0.39 is 0 Å². The number of ether oxygens (including phenoxy) is 2. The monoisotopic (exact) mass is 470 g/mol. The number of nitrogens with zero attached hydrogens (tertiary/aromatic N) is 2. The highest BCUT2D eigenvalue weighted by Crippen LogP contribution is 2.24. The van der Waals surface area contributed by atoms with E-state index in [0.717, 1.165) is 11.6 Å². The molecule has 1 unspecified atom stereocenters. The zero-order valence-electron chi connectivity index (χ0n) is 14.8.